The zero-order valence-electron chi connectivity index (χ0n) is 9.12. The van der Waals surface area contributed by atoms with Crippen molar-refractivity contribution in [3.05, 3.63) is 24.3 Å². The fraction of sp³-hybridized carbons (Fsp3) is 0.500. The number of hydrogen-bond donors (Lipinski definition) is 2. The molecule has 0 amide bonds. The van der Waals surface area contributed by atoms with Crippen LogP contribution in [0.1, 0.15) is 19.8 Å². The Morgan fingerprint density at radius 3 is 2.73 bits per heavy atom. The van der Waals surface area contributed by atoms with Gasteiger partial charge in [-0.2, -0.15) is 0 Å². The molecule has 1 heterocycles. The molecule has 0 bridgehead atoms. The van der Waals surface area contributed by atoms with E-state index in [0.717, 1.165) is 37.4 Å². The third-order valence-electron chi connectivity index (χ3n) is 2.93. The van der Waals surface area contributed by atoms with Crippen LogP contribution in [-0.4, -0.2) is 18.8 Å². The maximum atomic E-state index is 5.74. The fourth-order valence-corrected chi connectivity index (χ4v) is 1.91. The van der Waals surface area contributed by atoms with Crippen LogP contribution < -0.4 is 11.1 Å². The monoisotopic (exact) mass is 206 g/mol. The average Bonchev–Trinajstić information content (AvgIpc) is 2.18. The number of nitrogen functional groups attached to an aromatic ring is 1. The van der Waals surface area contributed by atoms with Crippen LogP contribution in [0.4, 0.5) is 11.4 Å². The summed E-state index contributed by atoms with van der Waals surface area (Å²) in [6.45, 7) is 3.91. The number of nitrogens with one attached hydrogen (secondary N) is 1. The van der Waals surface area contributed by atoms with E-state index in [1.807, 2.05) is 18.2 Å². The third kappa shape index (κ3) is 2.63. The highest BCUT2D eigenvalue weighted by Gasteiger charge is 2.26. The van der Waals surface area contributed by atoms with Crippen LogP contribution in [0.5, 0.6) is 0 Å². The summed E-state index contributed by atoms with van der Waals surface area (Å²) >= 11 is 0. The van der Waals surface area contributed by atoms with E-state index in [2.05, 4.69) is 18.3 Å². The van der Waals surface area contributed by atoms with E-state index >= 15 is 0 Å². The molecule has 1 aliphatic rings. The molecule has 1 aromatic carbocycles. The van der Waals surface area contributed by atoms with Crippen LogP contribution >= 0.6 is 0 Å². The first-order valence-electron chi connectivity index (χ1n) is 5.39. The quantitative estimate of drug-likeness (QED) is 0.730. The Morgan fingerprint density at radius 2 is 2.07 bits per heavy atom. The first-order valence-corrected chi connectivity index (χ1v) is 5.39. The largest absolute Gasteiger partial charge is 0.399 e. The lowest BCUT2D eigenvalue weighted by Gasteiger charge is -2.35. The lowest BCUT2D eigenvalue weighted by Crippen LogP contribution is -2.40. The zero-order chi connectivity index (χ0) is 10.7. The standard InChI is InChI=1S/C12H18N2O/c1-12(5-7-15-8-6-12)14-11-4-2-3-10(13)9-11/h2-4,9,14H,5-8,13H2,1H3. The Balaban J connectivity index is 2.06. The molecule has 3 N–H and O–H groups in total. The highest BCUT2D eigenvalue weighted by molar-refractivity contribution is 5.55. The SMILES string of the molecule is CC1(Nc2cccc(N)c2)CCOCC1. The molecule has 2 rings (SSSR count). The first kappa shape index (κ1) is 10.3. The number of anilines is 2. The average molecular weight is 206 g/mol. The van der Waals surface area contributed by atoms with Gasteiger partial charge in [-0.1, -0.05) is 6.07 Å². The van der Waals surface area contributed by atoms with E-state index < -0.39 is 0 Å². The molecule has 0 saturated carbocycles. The molecule has 0 spiro atoms. The summed E-state index contributed by atoms with van der Waals surface area (Å²) in [6, 6.07) is 7.90. The minimum absolute atomic E-state index is 0.145. The van der Waals surface area contributed by atoms with Crippen molar-refractivity contribution in [1.29, 1.82) is 0 Å². The number of nitrogens with two attached hydrogens (primary N) is 1. The van der Waals surface area contributed by atoms with Gasteiger partial charge in [0.25, 0.3) is 0 Å². The van der Waals surface area contributed by atoms with E-state index in [-0.39, 0.29) is 5.54 Å². The maximum absolute atomic E-state index is 5.74. The zero-order valence-corrected chi connectivity index (χ0v) is 9.12. The van der Waals surface area contributed by atoms with Crippen molar-refractivity contribution in [3.63, 3.8) is 0 Å². The predicted molar refractivity (Wildman–Crippen MR) is 62.9 cm³/mol. The second-order valence-electron chi connectivity index (χ2n) is 4.42. The lowest BCUT2D eigenvalue weighted by molar-refractivity contribution is 0.0658. The van der Waals surface area contributed by atoms with Gasteiger partial charge in [-0.15, -0.1) is 0 Å². The maximum Gasteiger partial charge on any atom is 0.0488 e. The molecule has 1 saturated heterocycles. The van der Waals surface area contributed by atoms with Gasteiger partial charge in [0.05, 0.1) is 0 Å². The van der Waals surface area contributed by atoms with E-state index in [1.165, 1.54) is 0 Å². The summed E-state index contributed by atoms with van der Waals surface area (Å²) in [7, 11) is 0. The van der Waals surface area contributed by atoms with Gasteiger partial charge >= 0.3 is 0 Å². The van der Waals surface area contributed by atoms with Gasteiger partial charge in [0.2, 0.25) is 0 Å². The van der Waals surface area contributed by atoms with Gasteiger partial charge in [-0.25, -0.2) is 0 Å². The fourth-order valence-electron chi connectivity index (χ4n) is 1.91. The Labute approximate surface area is 90.6 Å². The highest BCUT2D eigenvalue weighted by atomic mass is 16.5. The summed E-state index contributed by atoms with van der Waals surface area (Å²) < 4.78 is 5.36. The first-order chi connectivity index (χ1) is 7.18. The van der Waals surface area contributed by atoms with Crippen molar-refractivity contribution >= 4 is 11.4 Å². The van der Waals surface area contributed by atoms with Crippen LogP contribution in [0.3, 0.4) is 0 Å². The Bertz CT molecular complexity index is 332. The molecule has 3 heteroatoms. The van der Waals surface area contributed by atoms with Crippen LogP contribution in [0.2, 0.25) is 0 Å². The summed E-state index contributed by atoms with van der Waals surface area (Å²) in [6.07, 6.45) is 2.09. The molecule has 82 valence electrons. The molecule has 0 aromatic heterocycles. The van der Waals surface area contributed by atoms with Crippen molar-refractivity contribution in [3.8, 4) is 0 Å². The molecule has 1 aliphatic heterocycles. The van der Waals surface area contributed by atoms with Crippen molar-refractivity contribution in [1.82, 2.24) is 0 Å². The minimum Gasteiger partial charge on any atom is -0.399 e. The topological polar surface area (TPSA) is 47.3 Å². The molecule has 0 aliphatic carbocycles. The van der Waals surface area contributed by atoms with Gasteiger partial charge in [-0.05, 0) is 38.0 Å². The third-order valence-corrected chi connectivity index (χ3v) is 2.93. The predicted octanol–water partition coefficient (Wildman–Crippen LogP) is 2.25. The highest BCUT2D eigenvalue weighted by Crippen LogP contribution is 2.25. The van der Waals surface area contributed by atoms with E-state index in [9.17, 15) is 0 Å². The van der Waals surface area contributed by atoms with Crippen molar-refractivity contribution in [2.45, 2.75) is 25.3 Å². The van der Waals surface area contributed by atoms with Crippen molar-refractivity contribution in [2.75, 3.05) is 24.3 Å². The molecule has 0 atom stereocenters. The van der Waals surface area contributed by atoms with E-state index in [4.69, 9.17) is 10.5 Å². The number of hydrogen-bond acceptors (Lipinski definition) is 3. The number of benzene rings is 1. The van der Waals surface area contributed by atoms with Gasteiger partial charge in [0, 0.05) is 30.1 Å². The van der Waals surface area contributed by atoms with E-state index in [0.29, 0.717) is 0 Å². The van der Waals surface area contributed by atoms with Crippen LogP contribution in [0.25, 0.3) is 0 Å². The van der Waals surface area contributed by atoms with Crippen molar-refractivity contribution < 1.29 is 4.74 Å². The van der Waals surface area contributed by atoms with Crippen LogP contribution in [0.15, 0.2) is 24.3 Å². The molecule has 3 nitrogen and oxygen atoms in total. The Hall–Kier alpha value is -1.22. The molecular weight excluding hydrogens is 188 g/mol. The minimum atomic E-state index is 0.145. The second kappa shape index (κ2) is 4.11. The van der Waals surface area contributed by atoms with Gasteiger partial charge in [-0.3, -0.25) is 0 Å². The normalized spacial score (nSPS) is 19.8. The van der Waals surface area contributed by atoms with E-state index in [1.54, 1.807) is 0 Å². The lowest BCUT2D eigenvalue weighted by atomic mass is 9.92. The van der Waals surface area contributed by atoms with Crippen molar-refractivity contribution in [2.24, 2.45) is 0 Å². The molecular formula is C12H18N2O. The molecule has 0 unspecified atom stereocenters. The molecule has 1 aromatic rings. The summed E-state index contributed by atoms with van der Waals surface area (Å²) in [5, 5.41) is 3.54. The number of ether oxygens (including phenoxy) is 1. The second-order valence-corrected chi connectivity index (χ2v) is 4.42. The van der Waals surface area contributed by atoms with Gasteiger partial charge < -0.3 is 15.8 Å². The molecule has 0 radical (unpaired) electrons. The van der Waals surface area contributed by atoms with Crippen LogP contribution in [-0.2, 0) is 4.74 Å². The summed E-state index contributed by atoms with van der Waals surface area (Å²) in [4.78, 5) is 0. The summed E-state index contributed by atoms with van der Waals surface area (Å²) in [5.41, 5.74) is 7.79. The smallest absolute Gasteiger partial charge is 0.0488 e. The summed E-state index contributed by atoms with van der Waals surface area (Å²) in [5.74, 6) is 0. The Morgan fingerprint density at radius 1 is 1.33 bits per heavy atom. The Kier molecular flexibility index (Phi) is 2.82. The number of rotatable bonds is 2. The molecule has 1 fully saturated rings. The van der Waals surface area contributed by atoms with Crippen LogP contribution in [0, 0.1) is 0 Å². The van der Waals surface area contributed by atoms with Gasteiger partial charge in [0.15, 0.2) is 0 Å². The van der Waals surface area contributed by atoms with Gasteiger partial charge in [0.1, 0.15) is 0 Å². The molecule has 15 heavy (non-hydrogen) atoms.